The van der Waals surface area contributed by atoms with Gasteiger partial charge in [0.05, 0.1) is 17.2 Å². The third-order valence-electron chi connectivity index (χ3n) is 5.25. The van der Waals surface area contributed by atoms with Crippen LogP contribution in [0.25, 0.3) is 0 Å². The van der Waals surface area contributed by atoms with Crippen molar-refractivity contribution >= 4 is 0 Å². The molecule has 2 aliphatic heterocycles. The van der Waals surface area contributed by atoms with Crippen LogP contribution in [0.1, 0.15) is 43.9 Å². The van der Waals surface area contributed by atoms with E-state index in [2.05, 4.69) is 79.4 Å². The molecule has 1 spiro atoms. The molecule has 23 heavy (non-hydrogen) atoms. The van der Waals surface area contributed by atoms with Gasteiger partial charge < -0.3 is 4.74 Å². The largest absolute Gasteiger partial charge is 0.366 e. The molecule has 4 rings (SSSR count). The Morgan fingerprint density at radius 1 is 0.826 bits per heavy atom. The molecule has 0 bridgehead atoms. The van der Waals surface area contributed by atoms with Crippen molar-refractivity contribution < 1.29 is 4.74 Å². The second kappa shape index (κ2) is 5.47. The lowest BCUT2D eigenvalue weighted by Crippen LogP contribution is -2.62. The van der Waals surface area contributed by atoms with Crippen molar-refractivity contribution in [2.45, 2.75) is 43.9 Å². The average Bonchev–Trinajstić information content (AvgIpc) is 2.85. The first-order valence-electron chi connectivity index (χ1n) is 8.61. The van der Waals surface area contributed by atoms with Crippen LogP contribution in [0.3, 0.4) is 0 Å². The quantitative estimate of drug-likeness (QED) is 0.832. The summed E-state index contributed by atoms with van der Waals surface area (Å²) in [5.74, 6) is 0. The zero-order chi connectivity index (χ0) is 15.9. The number of hydrogen-bond acceptors (Lipinski definition) is 2. The van der Waals surface area contributed by atoms with E-state index >= 15 is 0 Å². The highest BCUT2D eigenvalue weighted by Gasteiger charge is 2.53. The molecule has 0 radical (unpaired) electrons. The van der Waals surface area contributed by atoms with Gasteiger partial charge in [0.15, 0.2) is 0 Å². The molecule has 0 N–H and O–H groups in total. The van der Waals surface area contributed by atoms with Crippen molar-refractivity contribution in [3.05, 3.63) is 71.8 Å². The third kappa shape index (κ3) is 2.82. The average molecular weight is 307 g/mol. The first-order valence-corrected chi connectivity index (χ1v) is 8.61. The molecule has 0 amide bonds. The highest BCUT2D eigenvalue weighted by atomic mass is 16.5. The topological polar surface area (TPSA) is 12.5 Å². The molecule has 2 aliphatic rings. The molecule has 0 saturated carbocycles. The lowest BCUT2D eigenvalue weighted by Gasteiger charge is -2.51. The lowest BCUT2D eigenvalue weighted by atomic mass is 9.85. The molecule has 0 unspecified atom stereocenters. The summed E-state index contributed by atoms with van der Waals surface area (Å²) in [5.41, 5.74) is 2.86. The Morgan fingerprint density at radius 2 is 1.35 bits per heavy atom. The Hall–Kier alpha value is -1.64. The number of ether oxygens (including phenoxy) is 1. The number of nitrogens with zero attached hydrogens (tertiary/aromatic N) is 1. The highest BCUT2D eigenvalue weighted by Crippen LogP contribution is 2.46. The Bertz CT molecular complexity index is 619. The minimum atomic E-state index is 0.0427. The summed E-state index contributed by atoms with van der Waals surface area (Å²) >= 11 is 0. The summed E-state index contributed by atoms with van der Waals surface area (Å²) < 4.78 is 6.38. The predicted octanol–water partition coefficient (Wildman–Crippen LogP) is 4.42. The third-order valence-corrected chi connectivity index (χ3v) is 5.25. The molecule has 0 aliphatic carbocycles. The Kier molecular flexibility index (Phi) is 3.55. The zero-order valence-electron chi connectivity index (χ0n) is 14.0. The number of hydrogen-bond donors (Lipinski definition) is 0. The minimum Gasteiger partial charge on any atom is -0.366 e. The van der Waals surface area contributed by atoms with E-state index in [1.165, 1.54) is 24.0 Å². The standard InChI is InChI=1S/C21H25NO/c1-20(2)13-14-21(23-20)15-22(16-21)19(17-9-5-3-6-10-17)18-11-7-4-8-12-18/h3-12,19H,13-16H2,1-2H3. The van der Waals surface area contributed by atoms with Gasteiger partial charge in [0.2, 0.25) is 0 Å². The number of rotatable bonds is 3. The van der Waals surface area contributed by atoms with Gasteiger partial charge in [0.25, 0.3) is 0 Å². The summed E-state index contributed by atoms with van der Waals surface area (Å²) in [7, 11) is 0. The van der Waals surface area contributed by atoms with E-state index in [-0.39, 0.29) is 11.2 Å². The van der Waals surface area contributed by atoms with E-state index in [9.17, 15) is 0 Å². The van der Waals surface area contributed by atoms with E-state index in [0.29, 0.717) is 6.04 Å². The second-order valence-electron chi connectivity index (χ2n) is 7.67. The van der Waals surface area contributed by atoms with Crippen LogP contribution in [0.5, 0.6) is 0 Å². The van der Waals surface area contributed by atoms with Crippen LogP contribution >= 0.6 is 0 Å². The van der Waals surface area contributed by atoms with E-state index in [0.717, 1.165) is 13.1 Å². The van der Waals surface area contributed by atoms with Gasteiger partial charge in [-0.3, -0.25) is 4.90 Å². The Balaban J connectivity index is 1.59. The van der Waals surface area contributed by atoms with Crippen molar-refractivity contribution in [2.24, 2.45) is 0 Å². The molecule has 2 heterocycles. The molecule has 120 valence electrons. The summed E-state index contributed by atoms with van der Waals surface area (Å²) in [4.78, 5) is 2.56. The molecule has 2 aromatic carbocycles. The van der Waals surface area contributed by atoms with Gasteiger partial charge in [-0.1, -0.05) is 60.7 Å². The van der Waals surface area contributed by atoms with E-state index in [1.807, 2.05) is 0 Å². The fourth-order valence-electron chi connectivity index (χ4n) is 4.20. The fraction of sp³-hybridized carbons (Fsp3) is 0.429. The SMILES string of the molecule is CC1(C)CCC2(CN(C(c3ccccc3)c3ccccc3)C2)O1. The van der Waals surface area contributed by atoms with Gasteiger partial charge in [-0.25, -0.2) is 0 Å². The van der Waals surface area contributed by atoms with E-state index in [1.54, 1.807) is 0 Å². The lowest BCUT2D eigenvalue weighted by molar-refractivity contribution is -0.168. The van der Waals surface area contributed by atoms with Gasteiger partial charge in [-0.05, 0) is 37.8 Å². The maximum atomic E-state index is 6.38. The maximum Gasteiger partial charge on any atom is 0.0943 e. The normalized spacial score (nSPS) is 22.4. The molecule has 2 heteroatoms. The van der Waals surface area contributed by atoms with Gasteiger partial charge in [-0.15, -0.1) is 0 Å². The number of benzene rings is 2. The molecule has 2 saturated heterocycles. The predicted molar refractivity (Wildman–Crippen MR) is 93.4 cm³/mol. The summed E-state index contributed by atoms with van der Waals surface area (Å²) in [5, 5.41) is 0. The highest BCUT2D eigenvalue weighted by molar-refractivity contribution is 5.33. The van der Waals surface area contributed by atoms with Crippen molar-refractivity contribution in [3.63, 3.8) is 0 Å². The van der Waals surface area contributed by atoms with Crippen LogP contribution in [0.2, 0.25) is 0 Å². The molecule has 2 fully saturated rings. The van der Waals surface area contributed by atoms with Crippen molar-refractivity contribution in [1.29, 1.82) is 0 Å². The van der Waals surface area contributed by atoms with Gasteiger partial charge in [-0.2, -0.15) is 0 Å². The first kappa shape index (κ1) is 14.9. The maximum absolute atomic E-state index is 6.38. The van der Waals surface area contributed by atoms with Crippen molar-refractivity contribution in [2.75, 3.05) is 13.1 Å². The van der Waals surface area contributed by atoms with Crippen molar-refractivity contribution in [3.8, 4) is 0 Å². The van der Waals surface area contributed by atoms with Crippen LogP contribution < -0.4 is 0 Å². The smallest absolute Gasteiger partial charge is 0.0943 e. The van der Waals surface area contributed by atoms with Crippen LogP contribution in [-0.2, 0) is 4.74 Å². The molecule has 0 atom stereocenters. The van der Waals surface area contributed by atoms with Crippen LogP contribution in [0.4, 0.5) is 0 Å². The molecular weight excluding hydrogens is 282 g/mol. The summed E-state index contributed by atoms with van der Waals surface area (Å²) in [6.07, 6.45) is 2.36. The van der Waals surface area contributed by atoms with Gasteiger partial charge in [0, 0.05) is 13.1 Å². The molecule has 2 aromatic rings. The van der Waals surface area contributed by atoms with Crippen molar-refractivity contribution in [1.82, 2.24) is 4.90 Å². The Morgan fingerprint density at radius 3 is 1.78 bits per heavy atom. The summed E-state index contributed by atoms with van der Waals surface area (Å²) in [6.45, 7) is 6.50. The van der Waals surface area contributed by atoms with Gasteiger partial charge in [0.1, 0.15) is 0 Å². The Labute approximate surface area is 139 Å². The van der Waals surface area contributed by atoms with E-state index < -0.39 is 0 Å². The first-order chi connectivity index (χ1) is 11.1. The molecule has 2 nitrogen and oxygen atoms in total. The molecule has 0 aromatic heterocycles. The minimum absolute atomic E-state index is 0.0427. The number of likely N-dealkylation sites (tertiary alicyclic amines) is 1. The second-order valence-corrected chi connectivity index (χ2v) is 7.67. The van der Waals surface area contributed by atoms with Crippen LogP contribution in [-0.4, -0.2) is 29.2 Å². The van der Waals surface area contributed by atoms with Crippen LogP contribution in [0.15, 0.2) is 60.7 Å². The van der Waals surface area contributed by atoms with Crippen LogP contribution in [0, 0.1) is 0 Å². The van der Waals surface area contributed by atoms with E-state index in [4.69, 9.17) is 4.74 Å². The monoisotopic (exact) mass is 307 g/mol. The van der Waals surface area contributed by atoms with Gasteiger partial charge >= 0.3 is 0 Å². The molecular formula is C21H25NO. The zero-order valence-corrected chi connectivity index (χ0v) is 14.0. The fourth-order valence-corrected chi connectivity index (χ4v) is 4.20. The summed E-state index contributed by atoms with van der Waals surface area (Å²) in [6, 6.07) is 22.0.